The van der Waals surface area contributed by atoms with Crippen molar-refractivity contribution in [2.24, 2.45) is 10.9 Å². The Morgan fingerprint density at radius 1 is 1.60 bits per heavy atom. The molecule has 0 unspecified atom stereocenters. The highest BCUT2D eigenvalue weighted by Crippen LogP contribution is 2.10. The minimum atomic E-state index is 0.220. The van der Waals surface area contributed by atoms with E-state index in [-0.39, 0.29) is 5.91 Å². The van der Waals surface area contributed by atoms with Gasteiger partial charge in [-0.25, -0.2) is 0 Å². The first-order valence-corrected chi connectivity index (χ1v) is 5.63. The molecular formula is C11H21N3O. The van der Waals surface area contributed by atoms with Gasteiger partial charge in [0.25, 0.3) is 0 Å². The summed E-state index contributed by atoms with van der Waals surface area (Å²) in [5.41, 5.74) is 0. The van der Waals surface area contributed by atoms with Gasteiger partial charge < -0.3 is 5.32 Å². The minimum absolute atomic E-state index is 0.220. The standard InChI is InChI=1S/C11H21N3O/c1-9(2)8-11(15)14-7-6-13-10(14)4-5-12-3/h9,12H,4-8H2,1-3H3. The van der Waals surface area contributed by atoms with E-state index < -0.39 is 0 Å². The topological polar surface area (TPSA) is 44.7 Å². The summed E-state index contributed by atoms with van der Waals surface area (Å²) in [5, 5.41) is 3.08. The van der Waals surface area contributed by atoms with Gasteiger partial charge in [0.2, 0.25) is 5.91 Å². The second-order valence-electron chi connectivity index (χ2n) is 4.29. The monoisotopic (exact) mass is 211 g/mol. The predicted octanol–water partition coefficient (Wildman–Crippen LogP) is 0.883. The number of hydrogen-bond acceptors (Lipinski definition) is 3. The number of hydrogen-bond donors (Lipinski definition) is 1. The largest absolute Gasteiger partial charge is 0.319 e. The van der Waals surface area contributed by atoms with Crippen LogP contribution in [0.4, 0.5) is 0 Å². The molecule has 1 aliphatic rings. The van der Waals surface area contributed by atoms with Crippen LogP contribution in [0.25, 0.3) is 0 Å². The smallest absolute Gasteiger partial charge is 0.228 e. The highest BCUT2D eigenvalue weighted by Gasteiger charge is 2.22. The van der Waals surface area contributed by atoms with E-state index in [2.05, 4.69) is 24.2 Å². The molecule has 0 saturated heterocycles. The van der Waals surface area contributed by atoms with Gasteiger partial charge in [-0.05, 0) is 13.0 Å². The van der Waals surface area contributed by atoms with Crippen LogP contribution in [0, 0.1) is 5.92 Å². The maximum absolute atomic E-state index is 11.9. The van der Waals surface area contributed by atoms with Crippen LogP contribution in [-0.4, -0.2) is 43.3 Å². The Bertz CT molecular complexity index is 248. The van der Waals surface area contributed by atoms with Crippen LogP contribution >= 0.6 is 0 Å². The van der Waals surface area contributed by atoms with Crippen LogP contribution in [0.5, 0.6) is 0 Å². The van der Waals surface area contributed by atoms with Gasteiger partial charge in [0, 0.05) is 25.9 Å². The Labute approximate surface area is 91.7 Å². The van der Waals surface area contributed by atoms with Crippen molar-refractivity contribution in [3.63, 3.8) is 0 Å². The average molecular weight is 211 g/mol. The molecule has 0 saturated carbocycles. The average Bonchev–Trinajstić information content (AvgIpc) is 2.61. The second kappa shape index (κ2) is 5.85. The van der Waals surface area contributed by atoms with Crippen molar-refractivity contribution in [2.75, 3.05) is 26.7 Å². The van der Waals surface area contributed by atoms with Crippen molar-refractivity contribution < 1.29 is 4.79 Å². The van der Waals surface area contributed by atoms with E-state index in [9.17, 15) is 4.79 Å². The zero-order valence-electron chi connectivity index (χ0n) is 9.92. The molecule has 0 aliphatic carbocycles. The third-order valence-corrected chi connectivity index (χ3v) is 2.41. The summed E-state index contributed by atoms with van der Waals surface area (Å²) in [6, 6.07) is 0. The number of carbonyl (C=O) groups is 1. The third kappa shape index (κ3) is 3.63. The van der Waals surface area contributed by atoms with Gasteiger partial charge in [0.1, 0.15) is 5.84 Å². The molecule has 15 heavy (non-hydrogen) atoms. The number of nitrogens with zero attached hydrogens (tertiary/aromatic N) is 2. The second-order valence-corrected chi connectivity index (χ2v) is 4.29. The molecule has 1 heterocycles. The molecule has 1 rings (SSSR count). The molecule has 0 radical (unpaired) electrons. The first kappa shape index (κ1) is 12.2. The van der Waals surface area contributed by atoms with Gasteiger partial charge in [-0.3, -0.25) is 14.7 Å². The molecule has 0 spiro atoms. The molecule has 0 aromatic rings. The molecule has 0 aromatic heterocycles. The normalized spacial score (nSPS) is 16.0. The van der Waals surface area contributed by atoms with E-state index in [1.807, 2.05) is 11.9 Å². The van der Waals surface area contributed by atoms with Crippen molar-refractivity contribution in [1.82, 2.24) is 10.2 Å². The Morgan fingerprint density at radius 2 is 2.33 bits per heavy atom. The SMILES string of the molecule is CNCCC1=NCCN1C(=O)CC(C)C. The Morgan fingerprint density at radius 3 is 2.93 bits per heavy atom. The summed E-state index contributed by atoms with van der Waals surface area (Å²) >= 11 is 0. The van der Waals surface area contributed by atoms with E-state index in [4.69, 9.17) is 0 Å². The number of rotatable bonds is 5. The molecule has 0 fully saturated rings. The summed E-state index contributed by atoms with van der Waals surface area (Å²) in [6.45, 7) is 6.55. The van der Waals surface area contributed by atoms with Crippen molar-refractivity contribution in [2.45, 2.75) is 26.7 Å². The summed E-state index contributed by atoms with van der Waals surface area (Å²) in [7, 11) is 1.91. The third-order valence-electron chi connectivity index (χ3n) is 2.41. The van der Waals surface area contributed by atoms with Crippen molar-refractivity contribution in [1.29, 1.82) is 0 Å². The van der Waals surface area contributed by atoms with Gasteiger partial charge in [-0.1, -0.05) is 13.8 Å². The lowest BCUT2D eigenvalue weighted by molar-refractivity contribution is -0.127. The van der Waals surface area contributed by atoms with Gasteiger partial charge in [-0.15, -0.1) is 0 Å². The Balaban J connectivity index is 2.47. The number of nitrogens with one attached hydrogen (secondary N) is 1. The van der Waals surface area contributed by atoms with Crippen LogP contribution in [-0.2, 0) is 4.79 Å². The van der Waals surface area contributed by atoms with Crippen LogP contribution < -0.4 is 5.32 Å². The molecule has 0 bridgehead atoms. The fraction of sp³-hybridized carbons (Fsp3) is 0.818. The first-order valence-electron chi connectivity index (χ1n) is 5.63. The molecule has 1 aliphatic heterocycles. The van der Waals surface area contributed by atoms with E-state index >= 15 is 0 Å². The number of aliphatic imine (C=N–C) groups is 1. The molecule has 86 valence electrons. The fourth-order valence-corrected chi connectivity index (χ4v) is 1.67. The predicted molar refractivity (Wildman–Crippen MR) is 62.0 cm³/mol. The lowest BCUT2D eigenvalue weighted by Crippen LogP contribution is -2.36. The quantitative estimate of drug-likeness (QED) is 0.734. The van der Waals surface area contributed by atoms with E-state index in [0.29, 0.717) is 12.3 Å². The highest BCUT2D eigenvalue weighted by molar-refractivity contribution is 5.99. The lowest BCUT2D eigenvalue weighted by Gasteiger charge is -2.19. The van der Waals surface area contributed by atoms with E-state index in [0.717, 1.165) is 31.9 Å². The maximum Gasteiger partial charge on any atom is 0.228 e. The zero-order chi connectivity index (χ0) is 11.3. The number of amides is 1. The zero-order valence-corrected chi connectivity index (χ0v) is 9.92. The summed E-state index contributed by atoms with van der Waals surface area (Å²) in [6.07, 6.45) is 1.47. The van der Waals surface area contributed by atoms with Gasteiger partial charge in [0.15, 0.2) is 0 Å². The van der Waals surface area contributed by atoms with Crippen LogP contribution in [0.2, 0.25) is 0 Å². The van der Waals surface area contributed by atoms with Crippen molar-refractivity contribution >= 4 is 11.7 Å². The van der Waals surface area contributed by atoms with E-state index in [1.54, 1.807) is 0 Å². The number of amidine groups is 1. The van der Waals surface area contributed by atoms with Crippen LogP contribution in [0.1, 0.15) is 26.7 Å². The summed E-state index contributed by atoms with van der Waals surface area (Å²) < 4.78 is 0. The fourth-order valence-electron chi connectivity index (χ4n) is 1.67. The molecule has 1 N–H and O–H groups in total. The Kier molecular flexibility index (Phi) is 4.75. The van der Waals surface area contributed by atoms with Crippen molar-refractivity contribution in [3.05, 3.63) is 0 Å². The molecule has 0 atom stereocenters. The van der Waals surface area contributed by atoms with Gasteiger partial charge >= 0.3 is 0 Å². The van der Waals surface area contributed by atoms with Crippen molar-refractivity contribution in [3.8, 4) is 0 Å². The van der Waals surface area contributed by atoms with E-state index in [1.165, 1.54) is 0 Å². The lowest BCUT2D eigenvalue weighted by atomic mass is 10.1. The first-order chi connectivity index (χ1) is 7.15. The molecular weight excluding hydrogens is 190 g/mol. The highest BCUT2D eigenvalue weighted by atomic mass is 16.2. The van der Waals surface area contributed by atoms with Crippen LogP contribution in [0.3, 0.4) is 0 Å². The molecule has 0 aromatic carbocycles. The maximum atomic E-state index is 11.9. The molecule has 4 heteroatoms. The molecule has 1 amide bonds. The minimum Gasteiger partial charge on any atom is -0.319 e. The summed E-state index contributed by atoms with van der Waals surface area (Å²) in [4.78, 5) is 18.1. The number of carbonyl (C=O) groups excluding carboxylic acids is 1. The summed E-state index contributed by atoms with van der Waals surface area (Å²) in [5.74, 6) is 1.59. The van der Waals surface area contributed by atoms with Gasteiger partial charge in [0.05, 0.1) is 6.54 Å². The molecule has 4 nitrogen and oxygen atoms in total. The van der Waals surface area contributed by atoms with Gasteiger partial charge in [-0.2, -0.15) is 0 Å². The van der Waals surface area contributed by atoms with Crippen LogP contribution in [0.15, 0.2) is 4.99 Å². The Hall–Kier alpha value is -0.900.